The Bertz CT molecular complexity index is 963. The quantitative estimate of drug-likeness (QED) is 0.701. The van der Waals surface area contributed by atoms with E-state index in [2.05, 4.69) is 6.58 Å². The van der Waals surface area contributed by atoms with E-state index in [4.69, 9.17) is 0 Å². The Balaban J connectivity index is 1.96. The van der Waals surface area contributed by atoms with Gasteiger partial charge in [-0.1, -0.05) is 66.7 Å². The van der Waals surface area contributed by atoms with Gasteiger partial charge >= 0.3 is 0 Å². The van der Waals surface area contributed by atoms with Crippen LogP contribution in [0.15, 0.2) is 78.2 Å². The standard InChI is InChI=1S/C20H18O2S/c1-15-10-12-18(13-11-15)23(21,22)14-16(2)19-9-5-7-17-6-3-4-8-20(17)19/h3-13H,2,14H2,1H3. The van der Waals surface area contributed by atoms with Crippen molar-refractivity contribution in [3.63, 3.8) is 0 Å². The smallest absolute Gasteiger partial charge is 0.182 e. The van der Waals surface area contributed by atoms with Gasteiger partial charge in [0.25, 0.3) is 0 Å². The summed E-state index contributed by atoms with van der Waals surface area (Å²) < 4.78 is 25.2. The number of rotatable bonds is 4. The zero-order chi connectivity index (χ0) is 16.4. The molecule has 23 heavy (non-hydrogen) atoms. The number of sulfone groups is 1. The van der Waals surface area contributed by atoms with E-state index in [1.165, 1.54) is 0 Å². The fourth-order valence-electron chi connectivity index (χ4n) is 2.67. The van der Waals surface area contributed by atoms with Crippen LogP contribution in [0.5, 0.6) is 0 Å². The van der Waals surface area contributed by atoms with Crippen molar-refractivity contribution in [1.82, 2.24) is 0 Å². The van der Waals surface area contributed by atoms with Gasteiger partial charge in [-0.15, -0.1) is 0 Å². The average Bonchev–Trinajstić information content (AvgIpc) is 2.54. The lowest BCUT2D eigenvalue weighted by molar-refractivity contribution is 0.599. The normalized spacial score (nSPS) is 11.5. The molecule has 116 valence electrons. The number of aryl methyl sites for hydroxylation is 1. The second-order valence-electron chi connectivity index (χ2n) is 5.70. The first kappa shape index (κ1) is 15.5. The highest BCUT2D eigenvalue weighted by atomic mass is 32.2. The first-order valence-electron chi connectivity index (χ1n) is 7.43. The van der Waals surface area contributed by atoms with Crippen molar-refractivity contribution in [3.05, 3.63) is 84.4 Å². The Labute approximate surface area is 137 Å². The molecule has 2 nitrogen and oxygen atoms in total. The SMILES string of the molecule is C=C(CS(=O)(=O)c1ccc(C)cc1)c1cccc2ccccc12. The molecule has 3 rings (SSSR count). The number of fused-ring (bicyclic) bond motifs is 1. The zero-order valence-corrected chi connectivity index (χ0v) is 13.8. The molecule has 0 fully saturated rings. The van der Waals surface area contributed by atoms with Gasteiger partial charge in [0.05, 0.1) is 10.6 Å². The van der Waals surface area contributed by atoms with Crippen molar-refractivity contribution < 1.29 is 8.42 Å². The molecule has 0 unspecified atom stereocenters. The molecule has 0 aromatic heterocycles. The highest BCUT2D eigenvalue weighted by Crippen LogP contribution is 2.26. The molecule has 0 aliphatic carbocycles. The third-order valence-corrected chi connectivity index (χ3v) is 5.63. The lowest BCUT2D eigenvalue weighted by Crippen LogP contribution is -2.08. The fraction of sp³-hybridized carbons (Fsp3) is 0.100. The van der Waals surface area contributed by atoms with Crippen LogP contribution in [0, 0.1) is 6.92 Å². The summed E-state index contributed by atoms with van der Waals surface area (Å²) in [6.45, 7) is 5.96. The maximum atomic E-state index is 12.6. The minimum absolute atomic E-state index is 0.0793. The molecule has 0 amide bonds. The van der Waals surface area contributed by atoms with Gasteiger partial charge in [-0.25, -0.2) is 8.42 Å². The van der Waals surface area contributed by atoms with E-state index in [0.717, 1.165) is 21.9 Å². The zero-order valence-electron chi connectivity index (χ0n) is 13.0. The molecule has 3 aromatic rings. The van der Waals surface area contributed by atoms with E-state index < -0.39 is 9.84 Å². The lowest BCUT2D eigenvalue weighted by atomic mass is 10.0. The topological polar surface area (TPSA) is 34.1 Å². The van der Waals surface area contributed by atoms with Gasteiger partial charge < -0.3 is 0 Å². The Morgan fingerprint density at radius 2 is 1.57 bits per heavy atom. The summed E-state index contributed by atoms with van der Waals surface area (Å²) in [6.07, 6.45) is 0. The van der Waals surface area contributed by atoms with E-state index in [1.54, 1.807) is 12.1 Å². The lowest BCUT2D eigenvalue weighted by Gasteiger charge is -2.11. The molecule has 0 bridgehead atoms. The molecule has 0 saturated carbocycles. The summed E-state index contributed by atoms with van der Waals surface area (Å²) in [5, 5.41) is 2.11. The van der Waals surface area contributed by atoms with E-state index in [-0.39, 0.29) is 5.75 Å². The second-order valence-corrected chi connectivity index (χ2v) is 7.69. The summed E-state index contributed by atoms with van der Waals surface area (Å²) in [7, 11) is -3.39. The van der Waals surface area contributed by atoms with E-state index in [0.29, 0.717) is 10.5 Å². The van der Waals surface area contributed by atoms with E-state index in [9.17, 15) is 8.42 Å². The molecular formula is C20H18O2S. The van der Waals surface area contributed by atoms with Gasteiger partial charge in [-0.05, 0) is 41.0 Å². The van der Waals surface area contributed by atoms with Crippen LogP contribution in [-0.4, -0.2) is 14.2 Å². The van der Waals surface area contributed by atoms with Crippen LogP contribution in [0.2, 0.25) is 0 Å². The van der Waals surface area contributed by atoms with Crippen molar-refractivity contribution in [2.45, 2.75) is 11.8 Å². The molecule has 0 saturated heterocycles. The van der Waals surface area contributed by atoms with Crippen molar-refractivity contribution in [2.75, 3.05) is 5.75 Å². The molecule has 3 heteroatoms. The van der Waals surface area contributed by atoms with Gasteiger partial charge in [0, 0.05) is 0 Å². The summed E-state index contributed by atoms with van der Waals surface area (Å²) >= 11 is 0. The van der Waals surface area contributed by atoms with Crippen LogP contribution < -0.4 is 0 Å². The van der Waals surface area contributed by atoms with E-state index in [1.807, 2.05) is 61.5 Å². The molecule has 3 aromatic carbocycles. The first-order valence-corrected chi connectivity index (χ1v) is 9.08. The largest absolute Gasteiger partial charge is 0.223 e. The Morgan fingerprint density at radius 1 is 0.913 bits per heavy atom. The minimum Gasteiger partial charge on any atom is -0.223 e. The predicted octanol–water partition coefficient (Wildman–Crippen LogP) is 4.64. The monoisotopic (exact) mass is 322 g/mol. The third-order valence-electron chi connectivity index (χ3n) is 3.91. The Kier molecular flexibility index (Phi) is 4.05. The van der Waals surface area contributed by atoms with Gasteiger partial charge in [0.15, 0.2) is 9.84 Å². The highest BCUT2D eigenvalue weighted by molar-refractivity contribution is 7.91. The maximum Gasteiger partial charge on any atom is 0.182 e. The third kappa shape index (κ3) is 3.20. The fourth-order valence-corrected chi connectivity index (χ4v) is 4.00. The van der Waals surface area contributed by atoms with Crippen molar-refractivity contribution in [2.24, 2.45) is 0 Å². The summed E-state index contributed by atoms with van der Waals surface area (Å²) in [5.41, 5.74) is 2.54. The van der Waals surface area contributed by atoms with Crippen molar-refractivity contribution >= 4 is 26.2 Å². The highest BCUT2D eigenvalue weighted by Gasteiger charge is 2.17. The van der Waals surface area contributed by atoms with Gasteiger partial charge in [0.2, 0.25) is 0 Å². The summed E-state index contributed by atoms with van der Waals surface area (Å²) in [4.78, 5) is 0.337. The van der Waals surface area contributed by atoms with Crippen LogP contribution in [0.4, 0.5) is 0 Å². The van der Waals surface area contributed by atoms with Crippen molar-refractivity contribution in [1.29, 1.82) is 0 Å². The first-order chi connectivity index (χ1) is 11.0. The molecule has 0 N–H and O–H groups in total. The average molecular weight is 322 g/mol. The molecule has 0 aliphatic rings. The number of hydrogen-bond acceptors (Lipinski definition) is 2. The maximum absolute atomic E-state index is 12.6. The molecule has 0 aliphatic heterocycles. The number of hydrogen-bond donors (Lipinski definition) is 0. The van der Waals surface area contributed by atoms with Crippen LogP contribution in [0.1, 0.15) is 11.1 Å². The van der Waals surface area contributed by atoms with Crippen LogP contribution in [0.25, 0.3) is 16.3 Å². The van der Waals surface area contributed by atoms with Gasteiger partial charge in [-0.2, -0.15) is 0 Å². The van der Waals surface area contributed by atoms with Crippen LogP contribution in [-0.2, 0) is 9.84 Å². The van der Waals surface area contributed by atoms with Gasteiger partial charge in [0.1, 0.15) is 0 Å². The van der Waals surface area contributed by atoms with Gasteiger partial charge in [-0.3, -0.25) is 0 Å². The molecular weight excluding hydrogens is 304 g/mol. The Hall–Kier alpha value is -2.39. The molecule has 0 radical (unpaired) electrons. The summed E-state index contributed by atoms with van der Waals surface area (Å²) in [5.74, 6) is -0.0793. The minimum atomic E-state index is -3.39. The predicted molar refractivity (Wildman–Crippen MR) is 96.2 cm³/mol. The van der Waals surface area contributed by atoms with E-state index >= 15 is 0 Å². The second kappa shape index (κ2) is 6.01. The molecule has 0 atom stereocenters. The van der Waals surface area contributed by atoms with Crippen molar-refractivity contribution in [3.8, 4) is 0 Å². The molecule has 0 heterocycles. The number of benzene rings is 3. The Morgan fingerprint density at radius 3 is 2.30 bits per heavy atom. The van der Waals surface area contributed by atoms with Crippen LogP contribution >= 0.6 is 0 Å². The van der Waals surface area contributed by atoms with Crippen LogP contribution in [0.3, 0.4) is 0 Å². The molecule has 0 spiro atoms. The summed E-state index contributed by atoms with van der Waals surface area (Å²) in [6, 6.07) is 20.7.